The molecular formula is C30H27Cl2F2N7O. The lowest BCUT2D eigenvalue weighted by atomic mass is 9.62. The molecule has 1 fully saturated rings. The molecule has 4 aromatic rings. The highest BCUT2D eigenvalue weighted by Gasteiger charge is 2.61. The number of nitrogens with zero attached hydrogens (tertiary/aromatic N) is 4. The first-order valence-electron chi connectivity index (χ1n) is 13.2. The Hall–Kier alpha value is -3.91. The summed E-state index contributed by atoms with van der Waals surface area (Å²) >= 11 is 12.3. The van der Waals surface area contributed by atoms with Crippen LogP contribution >= 0.6 is 23.2 Å². The van der Waals surface area contributed by atoms with Crippen LogP contribution in [-0.4, -0.2) is 38.6 Å². The molecule has 8 nitrogen and oxygen atoms in total. The number of amides is 1. The van der Waals surface area contributed by atoms with Crippen LogP contribution in [0, 0.1) is 28.4 Å². The molecule has 0 aliphatic carbocycles. The van der Waals surface area contributed by atoms with E-state index in [2.05, 4.69) is 37.3 Å². The van der Waals surface area contributed by atoms with E-state index in [1.165, 1.54) is 24.3 Å². The van der Waals surface area contributed by atoms with E-state index in [-0.39, 0.29) is 26.6 Å². The predicted molar refractivity (Wildman–Crippen MR) is 156 cm³/mol. The van der Waals surface area contributed by atoms with Crippen molar-refractivity contribution in [1.29, 1.82) is 5.26 Å². The Morgan fingerprint density at radius 3 is 2.48 bits per heavy atom. The van der Waals surface area contributed by atoms with Crippen molar-refractivity contribution in [2.75, 3.05) is 5.32 Å². The maximum Gasteiger partial charge on any atom is 0.242 e. The molecule has 1 aliphatic heterocycles. The molecule has 0 saturated carbocycles. The standard InChI is InChI=1S/C30H27Cl2F2N7O/c1-29(2,3)14-23-30(15-35,20-12-9-17(31)13-22(20)33)24(19-5-4-6-21(32)25(19)34)26(37-23)28(42)36-18-10-7-16(8-11-18)27-38-40-41-39-27/h4-13,23-24,26,37H,14H2,1-3H3,(H,36,42)(H,38,39,40,41)/t23-,24-,26+,30-/m1/s1. The van der Waals surface area contributed by atoms with Crippen molar-refractivity contribution < 1.29 is 13.6 Å². The third-order valence-corrected chi connectivity index (χ3v) is 8.01. The van der Waals surface area contributed by atoms with Crippen LogP contribution in [0.15, 0.2) is 60.7 Å². The number of aromatic amines is 1. The Balaban J connectivity index is 1.64. The monoisotopic (exact) mass is 609 g/mol. The molecule has 0 bridgehead atoms. The Labute approximate surface area is 251 Å². The molecule has 3 aromatic carbocycles. The van der Waals surface area contributed by atoms with Gasteiger partial charge < -0.3 is 10.6 Å². The lowest BCUT2D eigenvalue weighted by Gasteiger charge is -2.37. The van der Waals surface area contributed by atoms with Gasteiger partial charge in [0, 0.05) is 33.8 Å². The minimum absolute atomic E-state index is 0.0142. The number of halogens is 4. The zero-order valence-electron chi connectivity index (χ0n) is 22.9. The zero-order valence-corrected chi connectivity index (χ0v) is 24.4. The molecule has 0 spiro atoms. The largest absolute Gasteiger partial charge is 0.325 e. The summed E-state index contributed by atoms with van der Waals surface area (Å²) in [5.74, 6) is -2.82. The molecule has 0 radical (unpaired) electrons. The molecule has 216 valence electrons. The molecule has 4 atom stereocenters. The number of carbonyl (C=O) groups is 1. The maximum absolute atomic E-state index is 15.8. The minimum Gasteiger partial charge on any atom is -0.325 e. The van der Waals surface area contributed by atoms with Crippen LogP contribution in [0.3, 0.4) is 0 Å². The van der Waals surface area contributed by atoms with Crippen LogP contribution in [0.4, 0.5) is 14.5 Å². The van der Waals surface area contributed by atoms with Gasteiger partial charge >= 0.3 is 0 Å². The molecule has 1 aromatic heterocycles. The topological polar surface area (TPSA) is 119 Å². The number of hydrogen-bond donors (Lipinski definition) is 3. The van der Waals surface area contributed by atoms with Crippen molar-refractivity contribution in [3.8, 4) is 17.5 Å². The molecule has 5 rings (SSSR count). The quantitative estimate of drug-likeness (QED) is 0.232. The number of nitriles is 1. The smallest absolute Gasteiger partial charge is 0.242 e. The summed E-state index contributed by atoms with van der Waals surface area (Å²) in [7, 11) is 0. The number of benzene rings is 3. The van der Waals surface area contributed by atoms with E-state index in [0.29, 0.717) is 23.5 Å². The van der Waals surface area contributed by atoms with Gasteiger partial charge in [-0.1, -0.05) is 62.2 Å². The van der Waals surface area contributed by atoms with Gasteiger partial charge in [-0.3, -0.25) is 4.79 Å². The summed E-state index contributed by atoms with van der Waals surface area (Å²) in [6, 6.07) is 15.6. The summed E-state index contributed by atoms with van der Waals surface area (Å²) in [5, 5.41) is 30.9. The first kappa shape index (κ1) is 29.6. The number of carbonyl (C=O) groups excluding carboxylic acids is 1. The Morgan fingerprint density at radius 2 is 1.86 bits per heavy atom. The van der Waals surface area contributed by atoms with Gasteiger partial charge in [-0.2, -0.15) is 10.5 Å². The minimum atomic E-state index is -1.71. The van der Waals surface area contributed by atoms with E-state index >= 15 is 8.78 Å². The molecule has 42 heavy (non-hydrogen) atoms. The molecule has 2 heterocycles. The van der Waals surface area contributed by atoms with Crippen LogP contribution in [0.1, 0.15) is 44.2 Å². The Morgan fingerprint density at radius 1 is 1.12 bits per heavy atom. The van der Waals surface area contributed by atoms with Crippen LogP contribution in [-0.2, 0) is 10.2 Å². The van der Waals surface area contributed by atoms with Crippen molar-refractivity contribution in [3.05, 3.63) is 93.5 Å². The van der Waals surface area contributed by atoms with Crippen molar-refractivity contribution >= 4 is 34.8 Å². The van der Waals surface area contributed by atoms with Gasteiger partial charge in [-0.15, -0.1) is 10.2 Å². The number of hydrogen-bond acceptors (Lipinski definition) is 6. The molecular weight excluding hydrogens is 583 g/mol. The summed E-state index contributed by atoms with van der Waals surface area (Å²) < 4.78 is 31.5. The molecule has 12 heteroatoms. The normalized spacial score (nSPS) is 22.1. The summed E-state index contributed by atoms with van der Waals surface area (Å²) in [6.45, 7) is 5.92. The van der Waals surface area contributed by atoms with E-state index in [0.717, 1.165) is 6.07 Å². The third-order valence-electron chi connectivity index (χ3n) is 7.49. The van der Waals surface area contributed by atoms with Crippen molar-refractivity contribution in [2.45, 2.75) is 50.6 Å². The lowest BCUT2D eigenvalue weighted by molar-refractivity contribution is -0.118. The molecule has 1 saturated heterocycles. The lowest BCUT2D eigenvalue weighted by Crippen LogP contribution is -2.45. The Kier molecular flexibility index (Phi) is 8.03. The highest BCUT2D eigenvalue weighted by Crippen LogP contribution is 2.52. The summed E-state index contributed by atoms with van der Waals surface area (Å²) in [5.41, 5.74) is -0.908. The number of tetrazole rings is 1. The van der Waals surface area contributed by atoms with E-state index < -0.39 is 41.0 Å². The van der Waals surface area contributed by atoms with Gasteiger partial charge in [0.2, 0.25) is 11.7 Å². The average molecular weight is 610 g/mol. The highest BCUT2D eigenvalue weighted by atomic mass is 35.5. The number of rotatable bonds is 6. The fraction of sp³-hybridized carbons (Fsp3) is 0.300. The summed E-state index contributed by atoms with van der Waals surface area (Å²) in [4.78, 5) is 14.0. The molecule has 0 unspecified atom stereocenters. The molecule has 1 aliphatic rings. The first-order valence-corrected chi connectivity index (χ1v) is 13.9. The second kappa shape index (κ2) is 11.4. The first-order chi connectivity index (χ1) is 19.9. The van der Waals surface area contributed by atoms with Crippen LogP contribution in [0.5, 0.6) is 0 Å². The van der Waals surface area contributed by atoms with Crippen LogP contribution in [0.25, 0.3) is 11.4 Å². The van der Waals surface area contributed by atoms with Crippen LogP contribution < -0.4 is 10.6 Å². The third kappa shape index (κ3) is 5.48. The SMILES string of the molecule is CC(C)(C)C[C@H]1N[C@H](C(=O)Nc2ccc(-c3nn[nH]n3)cc2)[C@@H](c2cccc(Cl)c2F)[C@]1(C#N)c1ccc(Cl)cc1F. The van der Waals surface area contributed by atoms with Gasteiger partial charge in [-0.05, 0) is 65.1 Å². The van der Waals surface area contributed by atoms with Crippen LogP contribution in [0.2, 0.25) is 10.0 Å². The van der Waals surface area contributed by atoms with E-state index in [4.69, 9.17) is 23.2 Å². The summed E-state index contributed by atoms with van der Waals surface area (Å²) in [6.07, 6.45) is 0.366. The number of aromatic nitrogens is 4. The van der Waals surface area contributed by atoms with Gasteiger partial charge in [0.05, 0.1) is 17.1 Å². The number of anilines is 1. The molecule has 3 N–H and O–H groups in total. The van der Waals surface area contributed by atoms with E-state index in [9.17, 15) is 10.1 Å². The van der Waals surface area contributed by atoms with Crippen molar-refractivity contribution in [3.63, 3.8) is 0 Å². The fourth-order valence-corrected chi connectivity index (χ4v) is 6.10. The maximum atomic E-state index is 15.8. The number of nitrogens with one attached hydrogen (secondary N) is 3. The van der Waals surface area contributed by atoms with E-state index in [1.54, 1.807) is 30.3 Å². The average Bonchev–Trinajstić information content (AvgIpc) is 3.57. The van der Waals surface area contributed by atoms with Gasteiger partial charge in [0.15, 0.2) is 0 Å². The van der Waals surface area contributed by atoms with Crippen molar-refractivity contribution in [2.24, 2.45) is 5.41 Å². The number of H-pyrrole nitrogens is 1. The predicted octanol–water partition coefficient (Wildman–Crippen LogP) is 6.41. The van der Waals surface area contributed by atoms with Crippen molar-refractivity contribution in [1.82, 2.24) is 25.9 Å². The zero-order chi connectivity index (χ0) is 30.2. The van der Waals surface area contributed by atoms with Gasteiger partial charge in [-0.25, -0.2) is 8.78 Å². The Bertz CT molecular complexity index is 1650. The van der Waals surface area contributed by atoms with E-state index in [1.807, 2.05) is 20.8 Å². The molecule has 1 amide bonds. The van der Waals surface area contributed by atoms with Gasteiger partial charge in [0.25, 0.3) is 0 Å². The second-order valence-electron chi connectivity index (χ2n) is 11.5. The highest BCUT2D eigenvalue weighted by molar-refractivity contribution is 6.31. The fourth-order valence-electron chi connectivity index (χ4n) is 5.76. The van der Waals surface area contributed by atoms with Gasteiger partial charge in [0.1, 0.15) is 17.0 Å². The second-order valence-corrected chi connectivity index (χ2v) is 12.3.